The number of morpholine rings is 1. The Kier molecular flexibility index (Phi) is 6.84. The molecule has 8 heteroatoms. The third-order valence-corrected chi connectivity index (χ3v) is 6.63. The number of aryl methyl sites for hydroxylation is 1. The molecule has 0 saturated carbocycles. The lowest BCUT2D eigenvalue weighted by Gasteiger charge is -2.26. The topological polar surface area (TPSA) is 54.5 Å². The molecule has 1 aliphatic rings. The number of carbonyl (C=O) groups is 1. The van der Waals surface area contributed by atoms with Crippen molar-refractivity contribution in [3.05, 3.63) is 27.0 Å². The number of hydrogen-bond donors (Lipinski definition) is 1. The molecule has 0 radical (unpaired) electrons. The monoisotopic (exact) mass is 399 g/mol. The number of thiazole rings is 1. The van der Waals surface area contributed by atoms with Crippen molar-refractivity contribution in [2.75, 3.05) is 39.4 Å². The fourth-order valence-electron chi connectivity index (χ4n) is 2.71. The lowest BCUT2D eigenvalue weighted by molar-refractivity contribution is 0.0372. The first-order valence-corrected chi connectivity index (χ1v) is 10.5. The molecule has 0 unspecified atom stereocenters. The fourth-order valence-corrected chi connectivity index (χ4v) is 4.79. The first-order chi connectivity index (χ1) is 12.1. The summed E-state index contributed by atoms with van der Waals surface area (Å²) in [5.74, 6) is -0.0322. The van der Waals surface area contributed by atoms with Gasteiger partial charge in [0.15, 0.2) is 0 Å². The van der Waals surface area contributed by atoms with E-state index in [4.69, 9.17) is 16.3 Å². The minimum atomic E-state index is -0.0322. The highest BCUT2D eigenvalue weighted by atomic mass is 35.5. The molecular formula is C17H22ClN3O2S2. The summed E-state index contributed by atoms with van der Waals surface area (Å²) in [4.78, 5) is 21.0. The van der Waals surface area contributed by atoms with Gasteiger partial charge >= 0.3 is 0 Å². The van der Waals surface area contributed by atoms with E-state index in [1.54, 1.807) is 0 Å². The molecule has 1 fully saturated rings. The Morgan fingerprint density at radius 2 is 2.12 bits per heavy atom. The van der Waals surface area contributed by atoms with Gasteiger partial charge in [-0.05, 0) is 38.4 Å². The van der Waals surface area contributed by atoms with Crippen LogP contribution in [0, 0.1) is 6.92 Å². The molecule has 25 heavy (non-hydrogen) atoms. The largest absolute Gasteiger partial charge is 0.379 e. The first-order valence-electron chi connectivity index (χ1n) is 8.45. The number of hydrogen-bond acceptors (Lipinski definition) is 6. The van der Waals surface area contributed by atoms with E-state index in [0.717, 1.165) is 65.6 Å². The zero-order valence-corrected chi connectivity index (χ0v) is 16.6. The highest BCUT2D eigenvalue weighted by Gasteiger charge is 2.17. The predicted molar refractivity (Wildman–Crippen MR) is 104 cm³/mol. The third-order valence-electron chi connectivity index (χ3n) is 4.08. The summed E-state index contributed by atoms with van der Waals surface area (Å²) in [6.07, 6.45) is 2.06. The van der Waals surface area contributed by atoms with Crippen molar-refractivity contribution in [1.29, 1.82) is 0 Å². The lowest BCUT2D eigenvalue weighted by Crippen LogP contribution is -2.37. The summed E-state index contributed by atoms with van der Waals surface area (Å²) >= 11 is 8.89. The Morgan fingerprint density at radius 3 is 2.84 bits per heavy atom. The highest BCUT2D eigenvalue weighted by molar-refractivity contribution is 7.24. The van der Waals surface area contributed by atoms with E-state index < -0.39 is 0 Å². The number of ether oxygens (including phenoxy) is 1. The number of amides is 1. The van der Waals surface area contributed by atoms with Crippen LogP contribution in [0.5, 0.6) is 0 Å². The number of nitrogens with one attached hydrogen (secondary N) is 1. The van der Waals surface area contributed by atoms with Gasteiger partial charge in [0.1, 0.15) is 9.88 Å². The number of thiophene rings is 1. The van der Waals surface area contributed by atoms with Crippen molar-refractivity contribution < 1.29 is 9.53 Å². The highest BCUT2D eigenvalue weighted by Crippen LogP contribution is 2.34. The quantitative estimate of drug-likeness (QED) is 0.721. The van der Waals surface area contributed by atoms with Crippen molar-refractivity contribution in [3.8, 4) is 9.88 Å². The summed E-state index contributed by atoms with van der Waals surface area (Å²) < 4.78 is 6.07. The van der Waals surface area contributed by atoms with Crippen LogP contribution in [0.15, 0.2) is 12.1 Å². The van der Waals surface area contributed by atoms with Crippen LogP contribution in [0.1, 0.15) is 28.2 Å². The molecule has 3 rings (SSSR count). The molecule has 0 aliphatic carbocycles. The van der Waals surface area contributed by atoms with Gasteiger partial charge in [0, 0.05) is 19.6 Å². The lowest BCUT2D eigenvalue weighted by atomic mass is 10.2. The molecule has 0 spiro atoms. The standard InChI is InChI=1S/C17H22ClN3O2S2/c1-12-15(25-17(20-12)13-4-5-14(18)24-13)16(22)19-6-2-3-7-21-8-10-23-11-9-21/h4-5H,2-3,6-11H2,1H3,(H,19,22). The van der Waals surface area contributed by atoms with E-state index in [1.165, 1.54) is 22.7 Å². The zero-order valence-electron chi connectivity index (χ0n) is 14.2. The molecule has 1 N–H and O–H groups in total. The maximum Gasteiger partial charge on any atom is 0.263 e. The maximum atomic E-state index is 12.4. The van der Waals surface area contributed by atoms with Crippen molar-refractivity contribution in [2.24, 2.45) is 0 Å². The van der Waals surface area contributed by atoms with Crippen LogP contribution in [0.2, 0.25) is 4.34 Å². The zero-order chi connectivity index (χ0) is 17.6. The number of aromatic nitrogens is 1. The van der Waals surface area contributed by atoms with E-state index in [0.29, 0.717) is 11.4 Å². The SMILES string of the molecule is Cc1nc(-c2ccc(Cl)s2)sc1C(=O)NCCCCN1CCOCC1. The van der Waals surface area contributed by atoms with E-state index in [9.17, 15) is 4.79 Å². The molecule has 1 aliphatic heterocycles. The second-order valence-electron chi connectivity index (χ2n) is 5.95. The molecule has 1 amide bonds. The van der Waals surface area contributed by atoms with Gasteiger partial charge in [-0.2, -0.15) is 0 Å². The molecule has 136 valence electrons. The third kappa shape index (κ3) is 5.24. The van der Waals surface area contributed by atoms with Crippen molar-refractivity contribution in [3.63, 3.8) is 0 Å². The number of rotatable bonds is 7. The van der Waals surface area contributed by atoms with Gasteiger partial charge < -0.3 is 10.1 Å². The normalized spacial score (nSPS) is 15.4. The van der Waals surface area contributed by atoms with E-state index in [-0.39, 0.29) is 5.91 Å². The predicted octanol–water partition coefficient (Wildman–Crippen LogP) is 3.68. The first kappa shape index (κ1) is 18.8. The molecular weight excluding hydrogens is 378 g/mol. The van der Waals surface area contributed by atoms with Crippen LogP contribution < -0.4 is 5.32 Å². The van der Waals surface area contributed by atoms with Gasteiger partial charge in [0.25, 0.3) is 5.91 Å². The van der Waals surface area contributed by atoms with E-state index >= 15 is 0 Å². The van der Waals surface area contributed by atoms with Gasteiger partial charge in [-0.3, -0.25) is 9.69 Å². The van der Waals surface area contributed by atoms with Crippen LogP contribution in [0.4, 0.5) is 0 Å². The molecule has 3 heterocycles. The molecule has 0 aromatic carbocycles. The summed E-state index contributed by atoms with van der Waals surface area (Å²) in [7, 11) is 0. The van der Waals surface area contributed by atoms with E-state index in [2.05, 4.69) is 15.2 Å². The van der Waals surface area contributed by atoms with Crippen LogP contribution in [0.25, 0.3) is 9.88 Å². The van der Waals surface area contributed by atoms with Gasteiger partial charge in [0.05, 0.1) is 28.1 Å². The molecule has 2 aromatic rings. The Labute approximate surface area is 161 Å². The van der Waals surface area contributed by atoms with Gasteiger partial charge in [-0.15, -0.1) is 22.7 Å². The summed E-state index contributed by atoms with van der Waals surface area (Å²) in [6, 6.07) is 3.80. The Bertz CT molecular complexity index is 711. The second-order valence-corrected chi connectivity index (χ2v) is 8.67. The average Bonchev–Trinajstić information content (AvgIpc) is 3.21. The number of unbranched alkanes of at least 4 members (excludes halogenated alkanes) is 1. The van der Waals surface area contributed by atoms with Crippen LogP contribution in [-0.2, 0) is 4.74 Å². The number of nitrogens with zero attached hydrogens (tertiary/aromatic N) is 2. The molecule has 2 aromatic heterocycles. The Balaban J connectivity index is 1.44. The van der Waals surface area contributed by atoms with Gasteiger partial charge in [0.2, 0.25) is 0 Å². The second kappa shape index (κ2) is 9.09. The Morgan fingerprint density at radius 1 is 1.32 bits per heavy atom. The molecule has 5 nitrogen and oxygen atoms in total. The number of carbonyl (C=O) groups excluding carboxylic acids is 1. The summed E-state index contributed by atoms with van der Waals surface area (Å²) in [6.45, 7) is 7.34. The molecule has 1 saturated heterocycles. The Hall–Kier alpha value is -0.990. The fraction of sp³-hybridized carbons (Fsp3) is 0.529. The summed E-state index contributed by atoms with van der Waals surface area (Å²) in [5.41, 5.74) is 0.773. The van der Waals surface area contributed by atoms with Crippen molar-refractivity contribution in [1.82, 2.24) is 15.2 Å². The molecule has 0 bridgehead atoms. The van der Waals surface area contributed by atoms with Gasteiger partial charge in [-0.25, -0.2) is 4.98 Å². The van der Waals surface area contributed by atoms with Crippen LogP contribution >= 0.6 is 34.3 Å². The molecule has 0 atom stereocenters. The van der Waals surface area contributed by atoms with E-state index in [1.807, 2.05) is 19.1 Å². The van der Waals surface area contributed by atoms with Gasteiger partial charge in [-0.1, -0.05) is 11.6 Å². The van der Waals surface area contributed by atoms with Crippen molar-refractivity contribution >= 4 is 40.2 Å². The minimum Gasteiger partial charge on any atom is -0.379 e. The van der Waals surface area contributed by atoms with Crippen LogP contribution in [-0.4, -0.2) is 55.2 Å². The van der Waals surface area contributed by atoms with Crippen LogP contribution in [0.3, 0.4) is 0 Å². The smallest absolute Gasteiger partial charge is 0.263 e. The van der Waals surface area contributed by atoms with Crippen molar-refractivity contribution in [2.45, 2.75) is 19.8 Å². The number of halogens is 1. The minimum absolute atomic E-state index is 0.0322. The maximum absolute atomic E-state index is 12.4. The summed E-state index contributed by atoms with van der Waals surface area (Å²) in [5, 5.41) is 3.87. The average molecular weight is 400 g/mol.